The van der Waals surface area contributed by atoms with Crippen LogP contribution in [0.3, 0.4) is 0 Å². The van der Waals surface area contributed by atoms with E-state index in [0.29, 0.717) is 25.9 Å². The molecule has 2 heterocycles. The van der Waals surface area contributed by atoms with Gasteiger partial charge in [0.15, 0.2) is 12.6 Å². The lowest BCUT2D eigenvalue weighted by Gasteiger charge is -2.53. The third-order valence-electron chi connectivity index (χ3n) is 9.82. The first kappa shape index (κ1) is 23.7. The number of hydrogen-bond donors (Lipinski definition) is 0. The molecular formula is C29H38FNO4. The predicted octanol–water partition coefficient (Wildman–Crippen LogP) is 5.99. The van der Waals surface area contributed by atoms with E-state index in [1.807, 2.05) is 6.07 Å². The number of alkyl halides is 1. The van der Waals surface area contributed by atoms with Crippen molar-refractivity contribution in [1.29, 1.82) is 5.26 Å². The average Bonchev–Trinajstić information content (AvgIpc) is 3.14. The van der Waals surface area contributed by atoms with Crippen LogP contribution >= 0.6 is 0 Å². The van der Waals surface area contributed by atoms with Gasteiger partial charge in [0.05, 0.1) is 24.2 Å². The Morgan fingerprint density at radius 2 is 1.77 bits per heavy atom. The Balaban J connectivity index is 1.24. The fourth-order valence-electron chi connectivity index (χ4n) is 7.88. The maximum Gasteiger partial charge on any atom is 0.199 e. The lowest BCUT2D eigenvalue weighted by Crippen LogP contribution is -2.52. The van der Waals surface area contributed by atoms with Gasteiger partial charge >= 0.3 is 0 Å². The molecule has 0 amide bonds. The summed E-state index contributed by atoms with van der Waals surface area (Å²) in [6, 6.07) is 9.00. The molecular weight excluding hydrogens is 445 g/mol. The van der Waals surface area contributed by atoms with Gasteiger partial charge in [-0.1, -0.05) is 13.0 Å². The Morgan fingerprint density at radius 3 is 2.49 bits per heavy atom. The van der Waals surface area contributed by atoms with Crippen LogP contribution in [0.1, 0.15) is 82.3 Å². The zero-order chi connectivity index (χ0) is 24.0. The number of ether oxygens (including phenoxy) is 4. The summed E-state index contributed by atoms with van der Waals surface area (Å²) in [5, 5.41) is 10.6. The number of aryl methyl sites for hydroxylation is 1. The van der Waals surface area contributed by atoms with Crippen LogP contribution in [-0.4, -0.2) is 38.1 Å². The van der Waals surface area contributed by atoms with E-state index in [4.69, 9.17) is 18.9 Å². The summed E-state index contributed by atoms with van der Waals surface area (Å²) in [6.07, 6.45) is 8.10. The van der Waals surface area contributed by atoms with Crippen molar-refractivity contribution >= 4 is 0 Å². The van der Waals surface area contributed by atoms with E-state index in [0.717, 1.165) is 69.3 Å². The second-order valence-electron chi connectivity index (χ2n) is 11.7. The number of benzene rings is 1. The van der Waals surface area contributed by atoms with Crippen molar-refractivity contribution in [2.24, 2.45) is 17.3 Å². The lowest BCUT2D eigenvalue weighted by atomic mass is 9.49. The van der Waals surface area contributed by atoms with Gasteiger partial charge in [-0.2, -0.15) is 5.26 Å². The highest BCUT2D eigenvalue weighted by Gasteiger charge is 2.64. The molecule has 1 aromatic carbocycles. The van der Waals surface area contributed by atoms with Gasteiger partial charge in [0.25, 0.3) is 0 Å². The third kappa shape index (κ3) is 3.99. The number of hydrogen-bond acceptors (Lipinski definition) is 5. The second-order valence-corrected chi connectivity index (χ2v) is 11.7. The van der Waals surface area contributed by atoms with Crippen LogP contribution in [0.2, 0.25) is 0 Å². The monoisotopic (exact) mass is 483 g/mol. The molecule has 5 nitrogen and oxygen atoms in total. The molecule has 2 saturated heterocycles. The first-order valence-corrected chi connectivity index (χ1v) is 13.8. The van der Waals surface area contributed by atoms with Crippen LogP contribution in [0.4, 0.5) is 4.39 Å². The summed E-state index contributed by atoms with van der Waals surface area (Å²) in [7, 11) is 0. The normalized spacial score (nSPS) is 42.9. The van der Waals surface area contributed by atoms with Gasteiger partial charge in [-0.3, -0.25) is 0 Å². The van der Waals surface area contributed by atoms with E-state index in [9.17, 15) is 5.26 Å². The molecule has 8 atom stereocenters. The predicted molar refractivity (Wildman–Crippen MR) is 129 cm³/mol. The van der Waals surface area contributed by atoms with Gasteiger partial charge in [-0.25, -0.2) is 4.39 Å². The topological polar surface area (TPSA) is 60.7 Å². The van der Waals surface area contributed by atoms with E-state index in [1.165, 1.54) is 5.56 Å². The maximum atomic E-state index is 15.9. The molecule has 190 valence electrons. The van der Waals surface area contributed by atoms with E-state index in [2.05, 4.69) is 25.1 Å². The van der Waals surface area contributed by atoms with E-state index in [-0.39, 0.29) is 24.4 Å². The lowest BCUT2D eigenvalue weighted by molar-refractivity contribution is -0.199. The SMILES string of the molecule is C[C@]12CCC3(C#N)c4ccc(OC5CCCCO5)cc4CC[C@H]3[C@@H]1C[C@@H](OC1CCCCO1)[C@@H]2F. The number of fused-ring (bicyclic) bond motifs is 5. The molecule has 6 heteroatoms. The highest BCUT2D eigenvalue weighted by molar-refractivity contribution is 5.47. The minimum Gasteiger partial charge on any atom is -0.465 e. The summed E-state index contributed by atoms with van der Waals surface area (Å²) in [6.45, 7) is 3.55. The molecule has 1 aromatic rings. The Kier molecular flexibility index (Phi) is 6.31. The highest BCUT2D eigenvalue weighted by Crippen LogP contribution is 2.64. The Labute approximate surface area is 208 Å². The zero-order valence-corrected chi connectivity index (χ0v) is 20.8. The van der Waals surface area contributed by atoms with Gasteiger partial charge in [-0.05, 0) is 99.3 Å². The van der Waals surface area contributed by atoms with Crippen LogP contribution < -0.4 is 4.74 Å². The molecule has 6 rings (SSSR count). The maximum absolute atomic E-state index is 15.9. The van der Waals surface area contributed by atoms with Gasteiger partial charge in [0.1, 0.15) is 11.9 Å². The first-order chi connectivity index (χ1) is 17.0. The molecule has 2 saturated carbocycles. The summed E-state index contributed by atoms with van der Waals surface area (Å²) >= 11 is 0. The highest BCUT2D eigenvalue weighted by atomic mass is 19.1. The summed E-state index contributed by atoms with van der Waals surface area (Å²) in [5.74, 6) is 1.11. The Morgan fingerprint density at radius 1 is 1.00 bits per heavy atom. The van der Waals surface area contributed by atoms with Crippen molar-refractivity contribution in [2.45, 2.75) is 108 Å². The molecule has 5 aliphatic rings. The third-order valence-corrected chi connectivity index (χ3v) is 9.82. The van der Waals surface area contributed by atoms with Crippen molar-refractivity contribution in [1.82, 2.24) is 0 Å². The molecule has 35 heavy (non-hydrogen) atoms. The van der Waals surface area contributed by atoms with Crippen LogP contribution in [0.5, 0.6) is 5.75 Å². The van der Waals surface area contributed by atoms with E-state index >= 15 is 4.39 Å². The average molecular weight is 484 g/mol. The fourth-order valence-corrected chi connectivity index (χ4v) is 7.88. The van der Waals surface area contributed by atoms with E-state index in [1.54, 1.807) is 0 Å². The Hall–Kier alpha value is -1.68. The molecule has 3 aliphatic carbocycles. The van der Waals surface area contributed by atoms with Gasteiger partial charge in [0.2, 0.25) is 0 Å². The minimum atomic E-state index is -1.01. The van der Waals surface area contributed by atoms with Crippen molar-refractivity contribution in [3.8, 4) is 11.8 Å². The summed E-state index contributed by atoms with van der Waals surface area (Å²) in [4.78, 5) is 0. The van der Waals surface area contributed by atoms with Crippen molar-refractivity contribution in [2.75, 3.05) is 13.2 Å². The summed E-state index contributed by atoms with van der Waals surface area (Å²) < 4.78 is 39.8. The molecule has 2 aliphatic heterocycles. The van der Waals surface area contributed by atoms with Crippen molar-refractivity contribution < 1.29 is 23.3 Å². The molecule has 0 aromatic heterocycles. The zero-order valence-electron chi connectivity index (χ0n) is 20.8. The van der Waals surface area contributed by atoms with Crippen LogP contribution in [-0.2, 0) is 26.0 Å². The van der Waals surface area contributed by atoms with Crippen LogP contribution in [0, 0.1) is 28.6 Å². The van der Waals surface area contributed by atoms with Gasteiger partial charge in [0, 0.05) is 18.4 Å². The quantitative estimate of drug-likeness (QED) is 0.527. The largest absolute Gasteiger partial charge is 0.465 e. The second kappa shape index (κ2) is 9.32. The molecule has 0 N–H and O–H groups in total. The van der Waals surface area contributed by atoms with Gasteiger partial charge < -0.3 is 18.9 Å². The Bertz CT molecular complexity index is 968. The molecule has 0 radical (unpaired) electrons. The van der Waals surface area contributed by atoms with Gasteiger partial charge in [-0.15, -0.1) is 0 Å². The first-order valence-electron chi connectivity index (χ1n) is 13.8. The van der Waals surface area contributed by atoms with Crippen LogP contribution in [0.25, 0.3) is 0 Å². The number of nitrogens with zero attached hydrogens (tertiary/aromatic N) is 1. The smallest absolute Gasteiger partial charge is 0.199 e. The molecule has 0 bridgehead atoms. The van der Waals surface area contributed by atoms with Crippen molar-refractivity contribution in [3.05, 3.63) is 29.3 Å². The minimum absolute atomic E-state index is 0.138. The molecule has 3 unspecified atom stereocenters. The standard InChI is InChI=1S/C29H38FNO4/c1-28-12-13-29(18-31)21-11-9-20(34-25-6-2-4-14-32-25)16-19(21)8-10-22(29)23(28)17-24(27(28)30)35-26-7-3-5-15-33-26/h9,11,16,22-27H,2-8,10,12-15,17H2,1H3/t22-,23-,24+,25?,26?,27-,28-,29?/m0/s1. The summed E-state index contributed by atoms with van der Waals surface area (Å²) in [5.41, 5.74) is 1.33. The molecule has 4 fully saturated rings. The fraction of sp³-hybridized carbons (Fsp3) is 0.759. The number of rotatable bonds is 4. The van der Waals surface area contributed by atoms with Crippen LogP contribution in [0.15, 0.2) is 18.2 Å². The molecule has 0 spiro atoms. The number of nitriles is 1. The number of halogens is 1. The van der Waals surface area contributed by atoms with E-state index < -0.39 is 23.1 Å². The van der Waals surface area contributed by atoms with Crippen molar-refractivity contribution in [3.63, 3.8) is 0 Å².